The van der Waals surface area contributed by atoms with Crippen LogP contribution in [-0.2, 0) is 4.79 Å². The predicted molar refractivity (Wildman–Crippen MR) is 128 cm³/mol. The number of nitrogens with zero attached hydrogens (tertiary/aromatic N) is 3. The van der Waals surface area contributed by atoms with Crippen LogP contribution < -0.4 is 10.1 Å². The van der Waals surface area contributed by atoms with Crippen molar-refractivity contribution in [3.05, 3.63) is 84.4 Å². The van der Waals surface area contributed by atoms with Gasteiger partial charge < -0.3 is 10.1 Å². The van der Waals surface area contributed by atoms with E-state index >= 15 is 0 Å². The number of benzene rings is 3. The molecular weight excluding hydrogens is 420 g/mol. The van der Waals surface area contributed by atoms with Gasteiger partial charge in [-0.2, -0.15) is 0 Å². The molecule has 1 heterocycles. The van der Waals surface area contributed by atoms with Gasteiger partial charge in [-0.3, -0.25) is 9.36 Å². The zero-order valence-electron chi connectivity index (χ0n) is 18.0. The number of ether oxygens (including phenoxy) is 1. The van der Waals surface area contributed by atoms with Gasteiger partial charge in [-0.15, -0.1) is 10.2 Å². The van der Waals surface area contributed by atoms with Crippen molar-refractivity contribution in [1.29, 1.82) is 0 Å². The lowest BCUT2D eigenvalue weighted by Crippen LogP contribution is -2.14. The van der Waals surface area contributed by atoms with Crippen molar-refractivity contribution in [2.75, 3.05) is 17.7 Å². The average Bonchev–Trinajstić information content (AvgIpc) is 3.24. The molecule has 0 bridgehead atoms. The second-order valence-electron chi connectivity index (χ2n) is 7.14. The third-order valence-corrected chi connectivity index (χ3v) is 5.67. The fraction of sp³-hybridized carbons (Fsp3) is 0.160. The van der Waals surface area contributed by atoms with Crippen molar-refractivity contribution < 1.29 is 9.53 Å². The summed E-state index contributed by atoms with van der Waals surface area (Å²) in [4.78, 5) is 12.5. The SMILES string of the molecule is CCOc1ccc(NC(=O)CSc2nnc(-c3ccccc3)n2-c2ccc(C)cc2)cc1. The zero-order chi connectivity index (χ0) is 22.3. The molecule has 0 aliphatic carbocycles. The van der Waals surface area contributed by atoms with E-state index in [2.05, 4.69) is 34.6 Å². The van der Waals surface area contributed by atoms with Gasteiger partial charge >= 0.3 is 0 Å². The fourth-order valence-corrected chi connectivity index (χ4v) is 3.94. The summed E-state index contributed by atoms with van der Waals surface area (Å²) in [5.41, 5.74) is 3.82. The molecule has 1 amide bonds. The van der Waals surface area contributed by atoms with Gasteiger partial charge in [0.25, 0.3) is 0 Å². The Balaban J connectivity index is 1.52. The molecule has 0 unspecified atom stereocenters. The number of nitrogens with one attached hydrogen (secondary N) is 1. The zero-order valence-corrected chi connectivity index (χ0v) is 18.8. The second-order valence-corrected chi connectivity index (χ2v) is 8.08. The first kappa shape index (κ1) is 21.6. The second kappa shape index (κ2) is 10.2. The Kier molecular flexibility index (Phi) is 6.87. The van der Waals surface area contributed by atoms with Gasteiger partial charge in [0.05, 0.1) is 12.4 Å². The van der Waals surface area contributed by atoms with Crippen LogP contribution in [0.4, 0.5) is 5.69 Å². The monoisotopic (exact) mass is 444 g/mol. The summed E-state index contributed by atoms with van der Waals surface area (Å²) in [7, 11) is 0. The number of thioether (sulfide) groups is 1. The minimum absolute atomic E-state index is 0.112. The molecule has 4 rings (SSSR count). The van der Waals surface area contributed by atoms with Crippen molar-refractivity contribution in [2.45, 2.75) is 19.0 Å². The highest BCUT2D eigenvalue weighted by Gasteiger charge is 2.17. The first-order chi connectivity index (χ1) is 15.6. The molecule has 3 aromatic carbocycles. The molecule has 1 aromatic heterocycles. The molecular formula is C25H24N4O2S. The lowest BCUT2D eigenvalue weighted by molar-refractivity contribution is -0.113. The van der Waals surface area contributed by atoms with E-state index < -0.39 is 0 Å². The van der Waals surface area contributed by atoms with Gasteiger partial charge in [-0.25, -0.2) is 0 Å². The van der Waals surface area contributed by atoms with Crippen LogP contribution in [-0.4, -0.2) is 33.0 Å². The molecule has 0 spiro atoms. The molecule has 0 aliphatic rings. The van der Waals surface area contributed by atoms with Gasteiger partial charge in [0.2, 0.25) is 5.91 Å². The molecule has 0 atom stereocenters. The Morgan fingerprint density at radius 1 is 0.969 bits per heavy atom. The van der Waals surface area contributed by atoms with Crippen LogP contribution in [0, 0.1) is 6.92 Å². The summed E-state index contributed by atoms with van der Waals surface area (Å²) in [6.45, 7) is 4.59. The molecule has 0 radical (unpaired) electrons. The highest BCUT2D eigenvalue weighted by molar-refractivity contribution is 7.99. The molecule has 0 aliphatic heterocycles. The number of carbonyl (C=O) groups is 1. The molecule has 0 fully saturated rings. The smallest absolute Gasteiger partial charge is 0.234 e. The van der Waals surface area contributed by atoms with Crippen LogP contribution >= 0.6 is 11.8 Å². The Morgan fingerprint density at radius 3 is 2.38 bits per heavy atom. The fourth-order valence-electron chi connectivity index (χ4n) is 3.19. The molecule has 1 N–H and O–H groups in total. The van der Waals surface area contributed by atoms with Crippen molar-refractivity contribution in [2.24, 2.45) is 0 Å². The van der Waals surface area contributed by atoms with Crippen molar-refractivity contribution in [3.8, 4) is 22.8 Å². The van der Waals surface area contributed by atoms with Crippen LogP contribution in [0.2, 0.25) is 0 Å². The van der Waals surface area contributed by atoms with E-state index in [1.165, 1.54) is 17.3 Å². The number of hydrogen-bond donors (Lipinski definition) is 1. The third-order valence-electron chi connectivity index (χ3n) is 4.74. The third kappa shape index (κ3) is 5.18. The van der Waals surface area contributed by atoms with Gasteiger partial charge in [-0.05, 0) is 50.2 Å². The summed E-state index contributed by atoms with van der Waals surface area (Å²) >= 11 is 1.35. The van der Waals surface area contributed by atoms with Gasteiger partial charge in [0, 0.05) is 16.9 Å². The number of anilines is 1. The normalized spacial score (nSPS) is 10.7. The van der Waals surface area contributed by atoms with Gasteiger partial charge in [0.15, 0.2) is 11.0 Å². The maximum absolute atomic E-state index is 12.5. The first-order valence-corrected chi connectivity index (χ1v) is 11.4. The quantitative estimate of drug-likeness (QED) is 0.370. The lowest BCUT2D eigenvalue weighted by atomic mass is 10.2. The largest absolute Gasteiger partial charge is 0.494 e. The Labute approximate surface area is 191 Å². The van der Waals surface area contributed by atoms with Crippen LogP contribution in [0.5, 0.6) is 5.75 Å². The summed E-state index contributed by atoms with van der Waals surface area (Å²) in [5, 5.41) is 12.4. The minimum atomic E-state index is -0.112. The van der Waals surface area contributed by atoms with Crippen LogP contribution in [0.1, 0.15) is 12.5 Å². The maximum atomic E-state index is 12.5. The van der Waals surface area contributed by atoms with Gasteiger partial charge in [-0.1, -0.05) is 59.8 Å². The summed E-state index contributed by atoms with van der Waals surface area (Å²) < 4.78 is 7.43. The van der Waals surface area contributed by atoms with Crippen LogP contribution in [0.15, 0.2) is 84.0 Å². The minimum Gasteiger partial charge on any atom is -0.494 e. The van der Waals surface area contributed by atoms with Crippen LogP contribution in [0.25, 0.3) is 17.1 Å². The van der Waals surface area contributed by atoms with Gasteiger partial charge in [0.1, 0.15) is 5.75 Å². The maximum Gasteiger partial charge on any atom is 0.234 e. The van der Waals surface area contributed by atoms with Crippen molar-refractivity contribution in [3.63, 3.8) is 0 Å². The lowest BCUT2D eigenvalue weighted by Gasteiger charge is -2.11. The van der Waals surface area contributed by atoms with E-state index in [9.17, 15) is 4.79 Å². The summed E-state index contributed by atoms with van der Waals surface area (Å²) in [6.07, 6.45) is 0. The summed E-state index contributed by atoms with van der Waals surface area (Å²) in [6, 6.07) is 25.4. The van der Waals surface area contributed by atoms with Crippen LogP contribution in [0.3, 0.4) is 0 Å². The number of aryl methyl sites for hydroxylation is 1. The molecule has 6 nitrogen and oxygen atoms in total. The Bertz CT molecular complexity index is 1170. The van der Waals surface area contributed by atoms with E-state index in [1.807, 2.05) is 78.2 Å². The number of aromatic nitrogens is 3. The molecule has 0 saturated heterocycles. The van der Waals surface area contributed by atoms with Crippen molar-refractivity contribution in [1.82, 2.24) is 14.8 Å². The van der Waals surface area contributed by atoms with E-state index in [-0.39, 0.29) is 11.7 Å². The highest BCUT2D eigenvalue weighted by Crippen LogP contribution is 2.28. The van der Waals surface area contributed by atoms with E-state index in [1.54, 1.807) is 0 Å². The average molecular weight is 445 g/mol. The molecule has 4 aromatic rings. The predicted octanol–water partition coefficient (Wildman–Crippen LogP) is 5.37. The highest BCUT2D eigenvalue weighted by atomic mass is 32.2. The standard InChI is InChI=1S/C25H24N4O2S/c1-3-31-22-15-11-20(12-16-22)26-23(30)17-32-25-28-27-24(19-7-5-4-6-8-19)29(25)21-13-9-18(2)10-14-21/h4-16H,3,17H2,1-2H3,(H,26,30). The number of rotatable bonds is 8. The van der Waals surface area contributed by atoms with E-state index in [4.69, 9.17) is 4.74 Å². The number of carbonyl (C=O) groups excluding carboxylic acids is 1. The molecule has 0 saturated carbocycles. The first-order valence-electron chi connectivity index (χ1n) is 10.4. The molecule has 32 heavy (non-hydrogen) atoms. The molecule has 7 heteroatoms. The number of amides is 1. The van der Waals surface area contributed by atoms with Crippen molar-refractivity contribution >= 4 is 23.4 Å². The van der Waals surface area contributed by atoms with E-state index in [0.717, 1.165) is 28.5 Å². The Hall–Kier alpha value is -3.58. The summed E-state index contributed by atoms with van der Waals surface area (Å²) in [5.74, 6) is 1.62. The number of hydrogen-bond acceptors (Lipinski definition) is 5. The molecule has 162 valence electrons. The van der Waals surface area contributed by atoms with E-state index in [0.29, 0.717) is 11.8 Å². The topological polar surface area (TPSA) is 69.0 Å². The Morgan fingerprint density at radius 2 is 1.69 bits per heavy atom.